The molecule has 6 aromatic rings. The fourth-order valence-electron chi connectivity index (χ4n) is 6.48. The molecule has 2 aromatic heterocycles. The van der Waals surface area contributed by atoms with Crippen LogP contribution in [0.4, 0.5) is 4.79 Å². The number of aromatic amines is 2. The average molecular weight is 712 g/mol. The van der Waals surface area contributed by atoms with Gasteiger partial charge in [0.25, 0.3) is 0 Å². The molecule has 0 aliphatic heterocycles. The number of imidazole rings is 2. The Kier molecular flexibility index (Phi) is 11.9. The smallest absolute Gasteiger partial charge is 0.407 e. The van der Waals surface area contributed by atoms with E-state index in [2.05, 4.69) is 85.4 Å². The molecule has 0 aliphatic carbocycles. The third kappa shape index (κ3) is 8.99. The fraction of sp³-hybridized carbons (Fsp3) is 0.262. The van der Waals surface area contributed by atoms with Crippen LogP contribution in [0.1, 0.15) is 43.9 Å². The number of carbonyl (C=O) groups excluding carboxylic acids is 3. The molecule has 0 bridgehead atoms. The van der Waals surface area contributed by atoms with Crippen LogP contribution >= 0.6 is 0 Å². The molecular weight excluding hydrogens is 667 g/mol. The third-order valence-electron chi connectivity index (χ3n) is 9.12. The van der Waals surface area contributed by atoms with Gasteiger partial charge < -0.3 is 29.8 Å². The zero-order chi connectivity index (χ0) is 37.2. The predicted octanol–water partition coefficient (Wildman–Crippen LogP) is 7.36. The summed E-state index contributed by atoms with van der Waals surface area (Å²) >= 11 is 0. The molecule has 3 N–H and O–H groups in total. The maximum absolute atomic E-state index is 13.2. The summed E-state index contributed by atoms with van der Waals surface area (Å²) in [4.78, 5) is 57.0. The lowest BCUT2D eigenvalue weighted by atomic mass is 9.93. The first-order chi connectivity index (χ1) is 25.9. The summed E-state index contributed by atoms with van der Waals surface area (Å²) in [7, 11) is 1.26. The van der Waals surface area contributed by atoms with Gasteiger partial charge in [-0.05, 0) is 45.9 Å². The van der Waals surface area contributed by atoms with Crippen LogP contribution in [-0.2, 0) is 33.8 Å². The summed E-state index contributed by atoms with van der Waals surface area (Å²) in [5.41, 5.74) is 6.94. The van der Waals surface area contributed by atoms with Gasteiger partial charge in [-0.3, -0.25) is 9.59 Å². The van der Waals surface area contributed by atoms with Crippen molar-refractivity contribution in [2.45, 2.75) is 46.2 Å². The second-order valence-electron chi connectivity index (χ2n) is 12.9. The van der Waals surface area contributed by atoms with E-state index >= 15 is 0 Å². The fourth-order valence-corrected chi connectivity index (χ4v) is 6.48. The van der Waals surface area contributed by atoms with Crippen molar-refractivity contribution in [1.29, 1.82) is 0 Å². The van der Waals surface area contributed by atoms with E-state index in [1.165, 1.54) is 7.11 Å². The summed E-state index contributed by atoms with van der Waals surface area (Å²) in [6.45, 7) is 5.85. The Balaban J connectivity index is 1.17. The van der Waals surface area contributed by atoms with Crippen LogP contribution in [0, 0.1) is 0 Å². The average Bonchev–Trinajstić information content (AvgIpc) is 3.86. The van der Waals surface area contributed by atoms with Crippen molar-refractivity contribution in [2.24, 2.45) is 0 Å². The first-order valence-electron chi connectivity index (χ1n) is 18.0. The number of nitrogens with one attached hydrogen (secondary N) is 3. The number of H-pyrrole nitrogens is 2. The van der Waals surface area contributed by atoms with Gasteiger partial charge in [0.1, 0.15) is 18.2 Å². The van der Waals surface area contributed by atoms with Gasteiger partial charge in [-0.1, -0.05) is 105 Å². The second-order valence-corrected chi connectivity index (χ2v) is 12.9. The van der Waals surface area contributed by atoms with Crippen molar-refractivity contribution in [3.63, 3.8) is 0 Å². The number of carbonyl (C=O) groups is 3. The molecule has 2 heterocycles. The van der Waals surface area contributed by atoms with Crippen LogP contribution in [0.15, 0.2) is 103 Å². The number of hydrogen-bond donors (Lipinski definition) is 3. The van der Waals surface area contributed by atoms with Gasteiger partial charge in [-0.15, -0.1) is 0 Å². The van der Waals surface area contributed by atoms with Crippen LogP contribution in [-0.4, -0.2) is 74.4 Å². The Morgan fingerprint density at radius 1 is 0.660 bits per heavy atom. The monoisotopic (exact) mass is 711 g/mol. The Hall–Kier alpha value is -6.23. The summed E-state index contributed by atoms with van der Waals surface area (Å²) in [6.07, 6.45) is 4.98. The molecule has 0 spiro atoms. The van der Waals surface area contributed by atoms with Crippen molar-refractivity contribution in [3.8, 4) is 33.6 Å². The van der Waals surface area contributed by atoms with E-state index in [0.717, 1.165) is 68.6 Å². The van der Waals surface area contributed by atoms with Crippen molar-refractivity contribution >= 4 is 28.7 Å². The minimum atomic E-state index is -0.645. The molecule has 11 heteroatoms. The predicted molar refractivity (Wildman–Crippen MR) is 207 cm³/mol. The quantitative estimate of drug-likeness (QED) is 0.102. The van der Waals surface area contributed by atoms with E-state index in [9.17, 15) is 14.4 Å². The molecule has 11 nitrogen and oxygen atoms in total. The number of benzene rings is 4. The van der Waals surface area contributed by atoms with Crippen molar-refractivity contribution in [2.75, 3.05) is 26.7 Å². The van der Waals surface area contributed by atoms with Gasteiger partial charge in [0.15, 0.2) is 0 Å². The van der Waals surface area contributed by atoms with E-state index in [-0.39, 0.29) is 18.4 Å². The Morgan fingerprint density at radius 3 is 1.85 bits per heavy atom. The minimum absolute atomic E-state index is 0.0849. The van der Waals surface area contributed by atoms with Crippen molar-refractivity contribution < 1.29 is 19.1 Å². The number of nitrogens with zero attached hydrogens (tertiary/aromatic N) is 4. The molecule has 272 valence electrons. The zero-order valence-corrected chi connectivity index (χ0v) is 30.4. The number of methoxy groups -OCH3 is 1. The van der Waals surface area contributed by atoms with E-state index in [0.29, 0.717) is 38.4 Å². The highest BCUT2D eigenvalue weighted by Gasteiger charge is 2.19. The zero-order valence-electron chi connectivity index (χ0n) is 30.4. The van der Waals surface area contributed by atoms with Gasteiger partial charge in [0.05, 0.1) is 50.4 Å². The second kappa shape index (κ2) is 17.3. The minimum Gasteiger partial charge on any atom is -0.453 e. The molecule has 4 aromatic carbocycles. The van der Waals surface area contributed by atoms with Gasteiger partial charge >= 0.3 is 6.09 Å². The molecule has 0 unspecified atom stereocenters. The highest BCUT2D eigenvalue weighted by molar-refractivity contribution is 6.04. The number of alkyl carbamates (subject to hydrolysis) is 1. The highest BCUT2D eigenvalue weighted by Crippen LogP contribution is 2.36. The summed E-state index contributed by atoms with van der Waals surface area (Å²) < 4.78 is 4.58. The first kappa shape index (κ1) is 36.6. The van der Waals surface area contributed by atoms with E-state index in [1.54, 1.807) is 11.1 Å². The molecule has 6 rings (SSSR count). The molecular formula is C42H45N7O4. The number of ether oxygens (including phenoxy) is 1. The number of fused-ring (bicyclic) bond motifs is 1. The van der Waals surface area contributed by atoms with Crippen molar-refractivity contribution in [3.05, 3.63) is 121 Å². The molecule has 0 saturated carbocycles. The van der Waals surface area contributed by atoms with E-state index in [1.807, 2.05) is 60.5 Å². The molecule has 0 radical (unpaired) electrons. The van der Waals surface area contributed by atoms with Gasteiger partial charge in [-0.25, -0.2) is 14.8 Å². The third-order valence-corrected chi connectivity index (χ3v) is 9.12. The molecule has 3 amide bonds. The molecule has 53 heavy (non-hydrogen) atoms. The van der Waals surface area contributed by atoms with Crippen LogP contribution in [0.5, 0.6) is 0 Å². The maximum atomic E-state index is 13.2. The standard InChI is InChI=1S/C42H45N7O4/c1-4-21-48(40(50)23-29-11-7-6-8-12-29)27-39-44-25-37(47-39)35-20-19-32(33-13-9-10-14-34(33)35)30-15-17-31(18-16-30)36-24-43-38(46-36)28-49(22-5-2)41(51)26-45-42(52)53-3/h6-20,24-25H,4-5,21-23,26-28H2,1-3H3,(H,43,46)(H,44,47)(H,45,52). The Labute approximate surface area is 309 Å². The highest BCUT2D eigenvalue weighted by atomic mass is 16.5. The molecule has 0 saturated heterocycles. The SMILES string of the molecule is CCCN(Cc1ncc(-c2ccc(-c3ccc(-c4cnc(CN(CCC)C(=O)Cc5ccccc5)[nH]4)c4ccccc34)cc2)[nH]1)C(=O)CNC(=O)OC. The van der Waals surface area contributed by atoms with Gasteiger partial charge in [0, 0.05) is 18.7 Å². The molecule has 0 fully saturated rings. The lowest BCUT2D eigenvalue weighted by Crippen LogP contribution is -2.40. The normalized spacial score (nSPS) is 11.0. The van der Waals surface area contributed by atoms with Crippen LogP contribution in [0.3, 0.4) is 0 Å². The maximum Gasteiger partial charge on any atom is 0.407 e. The number of rotatable bonds is 15. The van der Waals surface area contributed by atoms with Crippen LogP contribution in [0.25, 0.3) is 44.4 Å². The van der Waals surface area contributed by atoms with E-state index < -0.39 is 6.09 Å². The number of aromatic nitrogens is 4. The lowest BCUT2D eigenvalue weighted by molar-refractivity contribution is -0.131. The lowest BCUT2D eigenvalue weighted by Gasteiger charge is -2.21. The van der Waals surface area contributed by atoms with Crippen molar-refractivity contribution in [1.82, 2.24) is 35.1 Å². The largest absolute Gasteiger partial charge is 0.453 e. The summed E-state index contributed by atoms with van der Waals surface area (Å²) in [6, 6.07) is 30.8. The topological polar surface area (TPSA) is 136 Å². The Morgan fingerprint density at radius 2 is 1.21 bits per heavy atom. The van der Waals surface area contributed by atoms with E-state index in [4.69, 9.17) is 0 Å². The number of amides is 3. The number of hydrogen-bond acceptors (Lipinski definition) is 6. The summed E-state index contributed by atoms with van der Waals surface area (Å²) in [5, 5.41) is 4.66. The molecule has 0 atom stereocenters. The molecule has 0 aliphatic rings. The van der Waals surface area contributed by atoms with Crippen LogP contribution in [0.2, 0.25) is 0 Å². The van der Waals surface area contributed by atoms with Gasteiger partial charge in [-0.2, -0.15) is 0 Å². The van der Waals surface area contributed by atoms with Gasteiger partial charge in [0.2, 0.25) is 11.8 Å². The Bertz CT molecular complexity index is 2160. The van der Waals surface area contributed by atoms with Crippen LogP contribution < -0.4 is 5.32 Å². The summed E-state index contributed by atoms with van der Waals surface area (Å²) in [5.74, 6) is 1.28. The first-order valence-corrected chi connectivity index (χ1v) is 18.0.